The molecule has 3 aromatic carbocycles. The fourth-order valence-corrected chi connectivity index (χ4v) is 5.71. The van der Waals surface area contributed by atoms with Crippen molar-refractivity contribution in [3.8, 4) is 0 Å². The van der Waals surface area contributed by atoms with E-state index in [-0.39, 0.29) is 17.8 Å². The Labute approximate surface area is 209 Å². The molecule has 0 radical (unpaired) electrons. The number of aryl methyl sites for hydroxylation is 3. The average Bonchev–Trinajstić information content (AvgIpc) is 3.38. The third kappa shape index (κ3) is 3.18. The van der Waals surface area contributed by atoms with Crippen LogP contribution in [0.25, 0.3) is 0 Å². The molecule has 6 rings (SSSR count). The molecule has 2 aliphatic rings. The number of ether oxygens (including phenoxy) is 1. The smallest absolute Gasteiger partial charge is 0.251 e. The van der Waals surface area contributed by atoms with Gasteiger partial charge in [0.15, 0.2) is 0 Å². The van der Waals surface area contributed by atoms with Gasteiger partial charge in [-0.3, -0.25) is 4.79 Å². The highest BCUT2D eigenvalue weighted by Gasteiger charge is 2.56. The third-order valence-corrected chi connectivity index (χ3v) is 7.40. The summed E-state index contributed by atoms with van der Waals surface area (Å²) < 4.78 is 22.0. The molecule has 2 bridgehead atoms. The highest BCUT2D eigenvalue weighted by atomic mass is 19.1. The van der Waals surface area contributed by atoms with Gasteiger partial charge in [0.2, 0.25) is 0 Å². The molecule has 5 nitrogen and oxygen atoms in total. The first-order valence-electron chi connectivity index (χ1n) is 12.0. The molecule has 180 valence electrons. The molecule has 0 aliphatic carbocycles. The van der Waals surface area contributed by atoms with E-state index in [9.17, 15) is 4.79 Å². The van der Waals surface area contributed by atoms with E-state index in [2.05, 4.69) is 10.3 Å². The van der Waals surface area contributed by atoms with Crippen LogP contribution in [0.15, 0.2) is 66.7 Å². The van der Waals surface area contributed by atoms with Gasteiger partial charge in [-0.15, -0.1) is 0 Å². The zero-order valence-electron chi connectivity index (χ0n) is 20.4. The zero-order chi connectivity index (χ0) is 25.2. The summed E-state index contributed by atoms with van der Waals surface area (Å²) >= 11 is 0. The molecule has 3 N–H and O–H groups in total. The molecule has 2 aliphatic heterocycles. The van der Waals surface area contributed by atoms with E-state index in [0.717, 1.165) is 44.6 Å². The Hall–Kier alpha value is -4.03. The Bertz CT molecular complexity index is 1540. The van der Waals surface area contributed by atoms with Crippen LogP contribution in [-0.4, -0.2) is 10.9 Å². The summed E-state index contributed by atoms with van der Waals surface area (Å²) in [6.45, 7) is 6.10. The lowest BCUT2D eigenvalue weighted by molar-refractivity contribution is 0.0224. The van der Waals surface area contributed by atoms with Crippen molar-refractivity contribution in [1.82, 2.24) is 10.3 Å². The van der Waals surface area contributed by atoms with Gasteiger partial charge in [-0.25, -0.2) is 9.37 Å². The summed E-state index contributed by atoms with van der Waals surface area (Å²) in [5.41, 5.74) is 13.1. The van der Waals surface area contributed by atoms with E-state index in [1.54, 1.807) is 12.1 Å². The van der Waals surface area contributed by atoms with Crippen LogP contribution < -0.4 is 11.1 Å². The number of pyridine rings is 1. The van der Waals surface area contributed by atoms with Crippen molar-refractivity contribution in [3.63, 3.8) is 0 Å². The van der Waals surface area contributed by atoms with Gasteiger partial charge < -0.3 is 15.8 Å². The molecule has 0 spiro atoms. The molecular weight excluding hydrogens is 453 g/mol. The van der Waals surface area contributed by atoms with Crippen molar-refractivity contribution in [2.45, 2.75) is 39.0 Å². The Balaban J connectivity index is 1.42. The van der Waals surface area contributed by atoms with E-state index >= 15 is 4.39 Å². The summed E-state index contributed by atoms with van der Waals surface area (Å²) in [5, 5.41) is 3.01. The van der Waals surface area contributed by atoms with Crippen molar-refractivity contribution in [3.05, 3.63) is 128 Å². The minimum atomic E-state index is -1.10. The number of nitrogens with two attached hydrogens (primary N) is 1. The first kappa shape index (κ1) is 22.4. The number of nitrogens with zero attached hydrogens (tertiary/aromatic N) is 1. The number of nitrogens with one attached hydrogen (secondary N) is 1. The van der Waals surface area contributed by atoms with Crippen LogP contribution in [0.5, 0.6) is 0 Å². The number of hydrogen-bond donors (Lipinski definition) is 2. The average molecular weight is 480 g/mol. The molecule has 0 fully saturated rings. The van der Waals surface area contributed by atoms with E-state index in [0.29, 0.717) is 23.5 Å². The summed E-state index contributed by atoms with van der Waals surface area (Å²) in [6, 6.07) is 20.4. The number of anilines is 1. The van der Waals surface area contributed by atoms with Gasteiger partial charge in [0.05, 0.1) is 0 Å². The van der Waals surface area contributed by atoms with Crippen molar-refractivity contribution in [1.29, 1.82) is 0 Å². The monoisotopic (exact) mass is 479 g/mol. The van der Waals surface area contributed by atoms with Gasteiger partial charge in [-0.2, -0.15) is 0 Å². The second kappa shape index (κ2) is 8.00. The number of fused-ring (bicyclic) bond motifs is 8. The third-order valence-electron chi connectivity index (χ3n) is 7.40. The van der Waals surface area contributed by atoms with E-state index in [1.807, 2.05) is 69.3 Å². The number of nitrogen functional groups attached to an aromatic ring is 1. The maximum Gasteiger partial charge on any atom is 0.251 e. The van der Waals surface area contributed by atoms with Crippen LogP contribution in [0.1, 0.15) is 66.7 Å². The lowest BCUT2D eigenvalue weighted by Gasteiger charge is -2.30. The lowest BCUT2D eigenvalue weighted by atomic mass is 9.73. The van der Waals surface area contributed by atoms with E-state index in [1.165, 1.54) is 6.07 Å². The minimum Gasteiger partial charge on any atom is -0.384 e. The Morgan fingerprint density at radius 1 is 1.00 bits per heavy atom. The van der Waals surface area contributed by atoms with Crippen molar-refractivity contribution in [2.75, 3.05) is 5.73 Å². The highest BCUT2D eigenvalue weighted by molar-refractivity contribution is 5.95. The summed E-state index contributed by atoms with van der Waals surface area (Å²) in [6.07, 6.45) is -0.306. The molecule has 2 unspecified atom stereocenters. The number of halogens is 1. The molecule has 36 heavy (non-hydrogen) atoms. The summed E-state index contributed by atoms with van der Waals surface area (Å²) in [5.74, 6) is -0.0902. The number of amides is 1. The SMILES string of the molecule is Cc1ccc(F)c(C23OC(c4ccccc42)c2ccc(C(=O)NCc4c(C)cc(N)nc4C)cc23)c1. The predicted molar refractivity (Wildman–Crippen MR) is 136 cm³/mol. The van der Waals surface area contributed by atoms with E-state index in [4.69, 9.17) is 10.5 Å². The lowest BCUT2D eigenvalue weighted by Crippen LogP contribution is -2.29. The van der Waals surface area contributed by atoms with Crippen molar-refractivity contribution in [2.24, 2.45) is 0 Å². The van der Waals surface area contributed by atoms with Crippen LogP contribution >= 0.6 is 0 Å². The van der Waals surface area contributed by atoms with Crippen LogP contribution in [-0.2, 0) is 16.9 Å². The maximum absolute atomic E-state index is 15.4. The summed E-state index contributed by atoms with van der Waals surface area (Å²) in [4.78, 5) is 17.6. The topological polar surface area (TPSA) is 77.2 Å². The number of hydrogen-bond acceptors (Lipinski definition) is 4. The van der Waals surface area contributed by atoms with Gasteiger partial charge in [-0.05, 0) is 84.5 Å². The number of carbonyl (C=O) groups excluding carboxylic acids is 1. The molecular formula is C30H26FN3O2. The number of carbonyl (C=O) groups is 1. The fourth-order valence-electron chi connectivity index (χ4n) is 5.71. The molecule has 0 saturated heterocycles. The van der Waals surface area contributed by atoms with Gasteiger partial charge in [0, 0.05) is 23.4 Å². The van der Waals surface area contributed by atoms with Crippen molar-refractivity contribution < 1.29 is 13.9 Å². The zero-order valence-corrected chi connectivity index (χ0v) is 20.4. The Morgan fingerprint density at radius 2 is 1.78 bits per heavy atom. The van der Waals surface area contributed by atoms with Crippen LogP contribution in [0, 0.1) is 26.6 Å². The van der Waals surface area contributed by atoms with Gasteiger partial charge in [0.1, 0.15) is 23.3 Å². The van der Waals surface area contributed by atoms with Crippen LogP contribution in [0.2, 0.25) is 0 Å². The highest BCUT2D eigenvalue weighted by Crippen LogP contribution is 2.61. The largest absolute Gasteiger partial charge is 0.384 e. The minimum absolute atomic E-state index is 0.218. The van der Waals surface area contributed by atoms with Gasteiger partial charge in [0.25, 0.3) is 5.91 Å². The second-order valence-corrected chi connectivity index (χ2v) is 9.66. The maximum atomic E-state index is 15.4. The summed E-state index contributed by atoms with van der Waals surface area (Å²) in [7, 11) is 0. The molecule has 6 heteroatoms. The first-order valence-corrected chi connectivity index (χ1v) is 12.0. The fraction of sp³-hybridized carbons (Fsp3) is 0.200. The number of rotatable bonds is 4. The Kier molecular flexibility index (Phi) is 4.99. The van der Waals surface area contributed by atoms with Crippen LogP contribution in [0.3, 0.4) is 0 Å². The quantitative estimate of drug-likeness (QED) is 0.412. The molecule has 2 atom stereocenters. The first-order chi connectivity index (χ1) is 17.3. The molecule has 3 heterocycles. The number of aromatic nitrogens is 1. The van der Waals surface area contributed by atoms with Crippen molar-refractivity contribution >= 4 is 11.7 Å². The van der Waals surface area contributed by atoms with E-state index < -0.39 is 5.60 Å². The molecule has 1 aromatic heterocycles. The van der Waals surface area contributed by atoms with Gasteiger partial charge in [-0.1, -0.05) is 42.0 Å². The predicted octanol–water partition coefficient (Wildman–Crippen LogP) is 5.38. The number of benzene rings is 3. The molecule has 0 saturated carbocycles. The molecule has 4 aromatic rings. The second-order valence-electron chi connectivity index (χ2n) is 9.66. The normalized spacial score (nSPS) is 19.2. The van der Waals surface area contributed by atoms with Crippen LogP contribution in [0.4, 0.5) is 10.2 Å². The Morgan fingerprint density at radius 3 is 2.58 bits per heavy atom. The molecule has 1 amide bonds. The van der Waals surface area contributed by atoms with Gasteiger partial charge >= 0.3 is 0 Å². The standard InChI is InChI=1S/C30H26FN3O2/c1-16-8-11-26(31)25(12-16)30-23-7-5-4-6-20(23)28(36-30)21-10-9-19(14-24(21)30)29(35)33-15-22-17(2)13-27(32)34-18(22)3/h4-14,28H,15H2,1-3H3,(H2,32,34)(H,33,35).